The molecule has 0 saturated heterocycles. The van der Waals surface area contributed by atoms with Gasteiger partial charge in [0.05, 0.1) is 32.9 Å². The summed E-state index contributed by atoms with van der Waals surface area (Å²) in [7, 11) is 3.11. The van der Waals surface area contributed by atoms with Crippen LogP contribution >= 0.6 is 0 Å². The Hall–Kier alpha value is -3.10. The molecule has 0 unspecified atom stereocenters. The minimum Gasteiger partial charge on any atom is -0.493 e. The van der Waals surface area contributed by atoms with E-state index in [4.69, 9.17) is 19.9 Å². The topological polar surface area (TPSA) is 78.1 Å². The number of ether oxygens (including phenoxy) is 3. The van der Waals surface area contributed by atoms with Gasteiger partial charge in [-0.25, -0.2) is 4.99 Å². The molecule has 9 heteroatoms. The third-order valence-corrected chi connectivity index (χ3v) is 3.74. The molecule has 2 rings (SSSR count). The van der Waals surface area contributed by atoms with Gasteiger partial charge in [0, 0.05) is 0 Å². The first kappa shape index (κ1) is 21.2. The maximum atomic E-state index is 12.5. The number of alkyl halides is 3. The molecular formula is C19H22F3N3O3. The first-order chi connectivity index (χ1) is 13.3. The maximum Gasteiger partial charge on any atom is 0.416 e. The van der Waals surface area contributed by atoms with E-state index in [0.29, 0.717) is 30.3 Å². The summed E-state index contributed by atoms with van der Waals surface area (Å²) in [4.78, 5) is 4.21. The predicted molar refractivity (Wildman–Crippen MR) is 99.8 cm³/mol. The van der Waals surface area contributed by atoms with Crippen molar-refractivity contribution in [3.05, 3.63) is 53.6 Å². The number of aliphatic imine (C=N–C) groups is 1. The van der Waals surface area contributed by atoms with Gasteiger partial charge in [0.1, 0.15) is 12.4 Å². The van der Waals surface area contributed by atoms with Gasteiger partial charge in [-0.2, -0.15) is 13.2 Å². The summed E-state index contributed by atoms with van der Waals surface area (Å²) in [6.07, 6.45) is -4.36. The van der Waals surface area contributed by atoms with Crippen molar-refractivity contribution in [1.29, 1.82) is 0 Å². The Bertz CT molecular complexity index is 793. The smallest absolute Gasteiger partial charge is 0.416 e. The highest BCUT2D eigenvalue weighted by molar-refractivity contribution is 5.77. The summed E-state index contributed by atoms with van der Waals surface area (Å²) < 4.78 is 53.3. The molecule has 0 aliphatic rings. The maximum absolute atomic E-state index is 12.5. The van der Waals surface area contributed by atoms with Crippen LogP contribution < -0.4 is 25.3 Å². The van der Waals surface area contributed by atoms with Crippen LogP contribution in [0.1, 0.15) is 11.1 Å². The van der Waals surface area contributed by atoms with E-state index >= 15 is 0 Å². The number of nitrogens with two attached hydrogens (primary N) is 1. The van der Waals surface area contributed by atoms with E-state index < -0.39 is 11.7 Å². The molecule has 0 bridgehead atoms. The van der Waals surface area contributed by atoms with Crippen LogP contribution in [0.4, 0.5) is 13.2 Å². The van der Waals surface area contributed by atoms with Crippen molar-refractivity contribution in [3.63, 3.8) is 0 Å². The first-order valence-corrected chi connectivity index (χ1v) is 8.38. The average Bonchev–Trinajstić information content (AvgIpc) is 2.69. The molecule has 0 aliphatic heterocycles. The molecule has 152 valence electrons. The lowest BCUT2D eigenvalue weighted by atomic mass is 10.2. The predicted octanol–water partition coefficient (Wildman–Crippen LogP) is 3.21. The Morgan fingerprint density at radius 1 is 1.04 bits per heavy atom. The van der Waals surface area contributed by atoms with Gasteiger partial charge in [-0.15, -0.1) is 0 Å². The van der Waals surface area contributed by atoms with E-state index in [0.717, 1.165) is 17.7 Å². The zero-order valence-electron chi connectivity index (χ0n) is 15.5. The van der Waals surface area contributed by atoms with Crippen molar-refractivity contribution in [3.8, 4) is 17.2 Å². The molecule has 0 atom stereocenters. The second-order valence-corrected chi connectivity index (χ2v) is 5.69. The van der Waals surface area contributed by atoms with E-state index in [1.807, 2.05) is 12.1 Å². The average molecular weight is 397 g/mol. The van der Waals surface area contributed by atoms with Gasteiger partial charge in [-0.05, 0) is 42.0 Å². The second-order valence-electron chi connectivity index (χ2n) is 5.69. The Morgan fingerprint density at radius 3 is 2.32 bits per heavy atom. The van der Waals surface area contributed by atoms with E-state index in [2.05, 4.69) is 10.3 Å². The summed E-state index contributed by atoms with van der Waals surface area (Å²) in [5.74, 6) is 1.80. The Balaban J connectivity index is 1.77. The standard InChI is InChI=1S/C19H22F3N3O3/c1-26-16-8-3-13(11-17(16)27-2)12-25-18(23)24-9-10-28-15-6-4-14(5-7-15)19(20,21)22/h3-8,11H,9-10,12H2,1-2H3,(H3,23,24,25). The van der Waals surface area contributed by atoms with Gasteiger partial charge >= 0.3 is 6.18 Å². The van der Waals surface area contributed by atoms with Crippen molar-refractivity contribution in [2.45, 2.75) is 12.7 Å². The van der Waals surface area contributed by atoms with Crippen LogP contribution in [0.5, 0.6) is 17.2 Å². The molecule has 0 fully saturated rings. The minimum absolute atomic E-state index is 0.220. The molecule has 6 nitrogen and oxygen atoms in total. The zero-order valence-corrected chi connectivity index (χ0v) is 15.5. The monoisotopic (exact) mass is 397 g/mol. The first-order valence-electron chi connectivity index (χ1n) is 8.38. The number of nitrogens with zero attached hydrogens (tertiary/aromatic N) is 1. The van der Waals surface area contributed by atoms with Gasteiger partial charge in [-0.1, -0.05) is 6.07 Å². The van der Waals surface area contributed by atoms with Crippen molar-refractivity contribution in [1.82, 2.24) is 5.32 Å². The van der Waals surface area contributed by atoms with E-state index in [9.17, 15) is 13.2 Å². The van der Waals surface area contributed by atoms with Crippen molar-refractivity contribution in [2.75, 3.05) is 27.4 Å². The zero-order chi connectivity index (χ0) is 20.6. The third kappa shape index (κ3) is 6.26. The third-order valence-electron chi connectivity index (χ3n) is 3.74. The number of nitrogens with one attached hydrogen (secondary N) is 1. The van der Waals surface area contributed by atoms with Crippen molar-refractivity contribution in [2.24, 2.45) is 10.7 Å². The van der Waals surface area contributed by atoms with E-state index in [1.165, 1.54) is 12.1 Å². The van der Waals surface area contributed by atoms with Crippen LogP contribution in [0.3, 0.4) is 0 Å². The lowest BCUT2D eigenvalue weighted by Gasteiger charge is -2.10. The highest BCUT2D eigenvalue weighted by Crippen LogP contribution is 2.30. The molecule has 0 heterocycles. The van der Waals surface area contributed by atoms with Gasteiger partial charge in [-0.3, -0.25) is 0 Å². The number of hydrogen-bond acceptors (Lipinski definition) is 4. The summed E-state index contributed by atoms with van der Waals surface area (Å²) in [5, 5.41) is 2.88. The van der Waals surface area contributed by atoms with Gasteiger partial charge in [0.25, 0.3) is 0 Å². The fourth-order valence-corrected chi connectivity index (χ4v) is 2.30. The number of halogens is 3. The summed E-state index contributed by atoms with van der Waals surface area (Å²) >= 11 is 0. The fraction of sp³-hybridized carbons (Fsp3) is 0.316. The molecule has 0 radical (unpaired) electrons. The quantitative estimate of drug-likeness (QED) is 0.406. The lowest BCUT2D eigenvalue weighted by Crippen LogP contribution is -2.34. The molecule has 2 aromatic carbocycles. The number of rotatable bonds is 8. The minimum atomic E-state index is -4.36. The Labute approximate surface area is 161 Å². The molecule has 0 amide bonds. The highest BCUT2D eigenvalue weighted by Gasteiger charge is 2.29. The molecular weight excluding hydrogens is 375 g/mol. The molecule has 0 saturated carbocycles. The van der Waals surface area contributed by atoms with Gasteiger partial charge < -0.3 is 25.3 Å². The Kier molecular flexibility index (Phi) is 7.36. The van der Waals surface area contributed by atoms with Crippen LogP contribution in [-0.2, 0) is 12.7 Å². The molecule has 0 aromatic heterocycles. The van der Waals surface area contributed by atoms with Crippen LogP contribution in [0.15, 0.2) is 47.5 Å². The molecule has 28 heavy (non-hydrogen) atoms. The van der Waals surface area contributed by atoms with Crippen LogP contribution in [-0.4, -0.2) is 33.3 Å². The normalized spacial score (nSPS) is 11.8. The van der Waals surface area contributed by atoms with Crippen molar-refractivity contribution >= 4 is 5.96 Å². The summed E-state index contributed by atoms with van der Waals surface area (Å²) in [6, 6.07) is 9.94. The van der Waals surface area contributed by atoms with Crippen LogP contribution in [0, 0.1) is 0 Å². The highest BCUT2D eigenvalue weighted by atomic mass is 19.4. The largest absolute Gasteiger partial charge is 0.493 e. The van der Waals surface area contributed by atoms with E-state index in [1.54, 1.807) is 20.3 Å². The number of guanidine groups is 1. The fourth-order valence-electron chi connectivity index (χ4n) is 2.30. The second kappa shape index (κ2) is 9.72. The summed E-state index contributed by atoms with van der Waals surface area (Å²) in [5.41, 5.74) is 5.97. The molecule has 3 N–H and O–H groups in total. The Morgan fingerprint density at radius 2 is 1.71 bits per heavy atom. The number of benzene rings is 2. The van der Waals surface area contributed by atoms with Crippen LogP contribution in [0.25, 0.3) is 0 Å². The molecule has 2 aromatic rings. The lowest BCUT2D eigenvalue weighted by molar-refractivity contribution is -0.137. The van der Waals surface area contributed by atoms with E-state index in [-0.39, 0.29) is 12.6 Å². The molecule has 0 spiro atoms. The van der Waals surface area contributed by atoms with Gasteiger partial charge in [0.15, 0.2) is 17.5 Å². The number of methoxy groups -OCH3 is 2. The molecule has 0 aliphatic carbocycles. The van der Waals surface area contributed by atoms with Gasteiger partial charge in [0.2, 0.25) is 0 Å². The summed E-state index contributed by atoms with van der Waals surface area (Å²) in [6.45, 7) is 0.916. The number of hydrogen-bond donors (Lipinski definition) is 2. The van der Waals surface area contributed by atoms with Crippen molar-refractivity contribution < 1.29 is 27.4 Å². The SMILES string of the molecule is COc1ccc(CN=C(N)NCCOc2ccc(C(F)(F)F)cc2)cc1OC. The van der Waals surface area contributed by atoms with Crippen LogP contribution in [0.2, 0.25) is 0 Å².